The maximum Gasteiger partial charge on any atom is 0.0705 e. The van der Waals surface area contributed by atoms with Crippen LogP contribution in [0.2, 0.25) is 10.0 Å². The van der Waals surface area contributed by atoms with Gasteiger partial charge in [-0.25, -0.2) is 0 Å². The van der Waals surface area contributed by atoms with Crippen LogP contribution in [0.1, 0.15) is 18.5 Å². The van der Waals surface area contributed by atoms with E-state index in [1.54, 1.807) is 13.0 Å². The Morgan fingerprint density at radius 2 is 1.93 bits per heavy atom. The lowest BCUT2D eigenvalue weighted by molar-refractivity contribution is 0.164. The molecule has 1 rings (SSSR count). The predicted molar refractivity (Wildman–Crippen MR) is 59.5 cm³/mol. The van der Waals surface area contributed by atoms with Crippen LogP contribution in [0.25, 0.3) is 0 Å². The van der Waals surface area contributed by atoms with Gasteiger partial charge >= 0.3 is 0 Å². The fraction of sp³-hybridized carbons (Fsp3) is 0.333. The fourth-order valence-electron chi connectivity index (χ4n) is 1.14. The third-order valence-electron chi connectivity index (χ3n) is 2.01. The molecule has 3 nitrogen and oxygen atoms in total. The molecule has 1 aromatic rings. The van der Waals surface area contributed by atoms with Gasteiger partial charge in [-0.1, -0.05) is 23.2 Å². The molecule has 0 aliphatic rings. The average molecular weight is 235 g/mol. The molecule has 0 radical (unpaired) electrons. The number of nitrogens with two attached hydrogens (primary N) is 2. The second-order valence-corrected chi connectivity index (χ2v) is 4.00. The molecule has 0 aliphatic heterocycles. The van der Waals surface area contributed by atoms with Gasteiger partial charge < -0.3 is 16.6 Å². The highest BCUT2D eigenvalue weighted by Gasteiger charge is 2.17. The SMILES string of the molecule is C[C@@H](O)[C@@H](N)c1cc(Cl)cc(Cl)c1N. The Kier molecular flexibility index (Phi) is 3.61. The van der Waals surface area contributed by atoms with Crippen molar-refractivity contribution in [2.45, 2.75) is 19.1 Å². The Balaban J connectivity index is 3.20. The van der Waals surface area contributed by atoms with Crippen LogP contribution in [0.15, 0.2) is 12.1 Å². The van der Waals surface area contributed by atoms with Crippen LogP contribution in [0.5, 0.6) is 0 Å². The first-order chi connectivity index (χ1) is 6.43. The first-order valence-corrected chi connectivity index (χ1v) is 4.87. The molecule has 5 heteroatoms. The zero-order chi connectivity index (χ0) is 10.9. The van der Waals surface area contributed by atoms with Gasteiger partial charge in [-0.3, -0.25) is 0 Å². The van der Waals surface area contributed by atoms with Crippen molar-refractivity contribution < 1.29 is 5.11 Å². The molecule has 0 fully saturated rings. The van der Waals surface area contributed by atoms with Crippen LogP contribution < -0.4 is 11.5 Å². The monoisotopic (exact) mass is 234 g/mol. The van der Waals surface area contributed by atoms with E-state index in [-0.39, 0.29) is 0 Å². The number of aliphatic hydroxyl groups excluding tert-OH is 1. The van der Waals surface area contributed by atoms with Crippen LogP contribution in [0.4, 0.5) is 5.69 Å². The molecule has 0 saturated heterocycles. The second kappa shape index (κ2) is 4.36. The standard InChI is InChI=1S/C9H12Cl2N2O/c1-4(14)8(12)6-2-5(10)3-7(11)9(6)13/h2-4,8,14H,12-13H2,1H3/t4-,8-/m1/s1. The summed E-state index contributed by atoms with van der Waals surface area (Å²) in [6.07, 6.45) is -0.702. The highest BCUT2D eigenvalue weighted by molar-refractivity contribution is 6.36. The van der Waals surface area contributed by atoms with Crippen molar-refractivity contribution in [1.82, 2.24) is 0 Å². The van der Waals surface area contributed by atoms with E-state index >= 15 is 0 Å². The van der Waals surface area contributed by atoms with Gasteiger partial charge in [0.05, 0.1) is 22.9 Å². The molecule has 1 aromatic carbocycles. The zero-order valence-corrected chi connectivity index (χ0v) is 9.18. The summed E-state index contributed by atoms with van der Waals surface area (Å²) in [5, 5.41) is 10.1. The maximum absolute atomic E-state index is 9.31. The van der Waals surface area contributed by atoms with Crippen molar-refractivity contribution in [3.8, 4) is 0 Å². The van der Waals surface area contributed by atoms with Crippen LogP contribution >= 0.6 is 23.2 Å². The molecule has 2 atom stereocenters. The van der Waals surface area contributed by atoms with Crippen molar-refractivity contribution in [1.29, 1.82) is 0 Å². The Bertz CT molecular complexity index is 342. The summed E-state index contributed by atoms with van der Waals surface area (Å²) in [7, 11) is 0. The highest BCUT2D eigenvalue weighted by atomic mass is 35.5. The van der Waals surface area contributed by atoms with Crippen LogP contribution in [0.3, 0.4) is 0 Å². The molecular formula is C9H12Cl2N2O. The molecule has 0 amide bonds. The molecule has 0 heterocycles. The van der Waals surface area contributed by atoms with Gasteiger partial charge in [-0.2, -0.15) is 0 Å². The molecule has 78 valence electrons. The summed E-state index contributed by atoms with van der Waals surface area (Å²) in [5.74, 6) is 0. The Morgan fingerprint density at radius 3 is 2.43 bits per heavy atom. The summed E-state index contributed by atoms with van der Waals surface area (Å²) in [5.41, 5.74) is 12.4. The predicted octanol–water partition coefficient (Wildman–Crippen LogP) is 1.96. The van der Waals surface area contributed by atoms with Gasteiger partial charge in [-0.15, -0.1) is 0 Å². The lowest BCUT2D eigenvalue weighted by atomic mass is 10.0. The molecular weight excluding hydrogens is 223 g/mol. The minimum atomic E-state index is -0.702. The van der Waals surface area contributed by atoms with E-state index in [1.807, 2.05) is 0 Å². The van der Waals surface area contributed by atoms with Gasteiger partial charge in [0.2, 0.25) is 0 Å². The number of hydrogen-bond donors (Lipinski definition) is 3. The molecule has 5 N–H and O–H groups in total. The van der Waals surface area contributed by atoms with Gasteiger partial charge in [0.25, 0.3) is 0 Å². The molecule has 0 aromatic heterocycles. The van der Waals surface area contributed by atoms with E-state index < -0.39 is 12.1 Å². The van der Waals surface area contributed by atoms with Crippen LogP contribution in [0, 0.1) is 0 Å². The van der Waals surface area contributed by atoms with Crippen molar-refractivity contribution in [2.24, 2.45) is 5.73 Å². The van der Waals surface area contributed by atoms with Gasteiger partial charge in [0.1, 0.15) is 0 Å². The van der Waals surface area contributed by atoms with E-state index in [0.717, 1.165) is 0 Å². The quantitative estimate of drug-likeness (QED) is 0.686. The van der Waals surface area contributed by atoms with E-state index in [0.29, 0.717) is 21.3 Å². The molecule has 0 unspecified atom stereocenters. The molecule has 0 bridgehead atoms. The molecule has 0 spiro atoms. The number of halogens is 2. The largest absolute Gasteiger partial charge is 0.397 e. The lowest BCUT2D eigenvalue weighted by Crippen LogP contribution is -2.24. The maximum atomic E-state index is 9.31. The topological polar surface area (TPSA) is 72.3 Å². The number of anilines is 1. The van der Waals surface area contributed by atoms with Crippen LogP contribution in [-0.4, -0.2) is 11.2 Å². The van der Waals surface area contributed by atoms with Gasteiger partial charge in [0.15, 0.2) is 0 Å². The summed E-state index contributed by atoms with van der Waals surface area (Å²) in [6.45, 7) is 1.58. The summed E-state index contributed by atoms with van der Waals surface area (Å²) >= 11 is 11.6. The van der Waals surface area contributed by atoms with Gasteiger partial charge in [0, 0.05) is 5.02 Å². The van der Waals surface area contributed by atoms with Crippen LogP contribution in [-0.2, 0) is 0 Å². The minimum absolute atomic E-state index is 0.351. The Hall–Kier alpha value is -0.480. The second-order valence-electron chi connectivity index (χ2n) is 3.16. The average Bonchev–Trinajstić information content (AvgIpc) is 2.09. The number of benzene rings is 1. The highest BCUT2D eigenvalue weighted by Crippen LogP contribution is 2.31. The fourth-order valence-corrected chi connectivity index (χ4v) is 1.65. The normalized spacial score (nSPS) is 15.2. The number of hydrogen-bond acceptors (Lipinski definition) is 3. The van der Waals surface area contributed by atoms with E-state index in [2.05, 4.69) is 0 Å². The third kappa shape index (κ3) is 2.30. The van der Waals surface area contributed by atoms with Crippen molar-refractivity contribution in [2.75, 3.05) is 5.73 Å². The zero-order valence-electron chi connectivity index (χ0n) is 7.67. The van der Waals surface area contributed by atoms with Gasteiger partial charge in [-0.05, 0) is 24.6 Å². The van der Waals surface area contributed by atoms with E-state index in [4.69, 9.17) is 34.7 Å². The number of aliphatic hydroxyl groups is 1. The summed E-state index contributed by atoms with van der Waals surface area (Å²) in [6, 6.07) is 2.57. The molecule has 14 heavy (non-hydrogen) atoms. The van der Waals surface area contributed by atoms with Crippen molar-refractivity contribution in [3.63, 3.8) is 0 Å². The Labute approximate surface area is 92.6 Å². The smallest absolute Gasteiger partial charge is 0.0705 e. The summed E-state index contributed by atoms with van der Waals surface area (Å²) in [4.78, 5) is 0. The number of rotatable bonds is 2. The molecule has 0 aliphatic carbocycles. The molecule has 0 saturated carbocycles. The first kappa shape index (κ1) is 11.6. The lowest BCUT2D eigenvalue weighted by Gasteiger charge is -2.18. The third-order valence-corrected chi connectivity index (χ3v) is 2.54. The minimum Gasteiger partial charge on any atom is -0.397 e. The summed E-state index contributed by atoms with van der Waals surface area (Å²) < 4.78 is 0. The first-order valence-electron chi connectivity index (χ1n) is 4.11. The van der Waals surface area contributed by atoms with Crippen molar-refractivity contribution in [3.05, 3.63) is 27.7 Å². The Morgan fingerprint density at radius 1 is 1.36 bits per heavy atom. The van der Waals surface area contributed by atoms with E-state index in [1.165, 1.54) is 6.07 Å². The van der Waals surface area contributed by atoms with Crippen molar-refractivity contribution >= 4 is 28.9 Å². The number of nitrogen functional groups attached to an aromatic ring is 1. The van der Waals surface area contributed by atoms with E-state index in [9.17, 15) is 5.11 Å².